The van der Waals surface area contributed by atoms with Gasteiger partial charge < -0.3 is 4.74 Å². The molecule has 0 bridgehead atoms. The summed E-state index contributed by atoms with van der Waals surface area (Å²) in [5.41, 5.74) is 0.796. The van der Waals surface area contributed by atoms with Gasteiger partial charge >= 0.3 is 0 Å². The van der Waals surface area contributed by atoms with E-state index in [0.29, 0.717) is 13.0 Å². The lowest BCUT2D eigenvalue weighted by atomic mass is 10.1. The average molecular weight is 299 g/mol. The first-order valence-electron chi connectivity index (χ1n) is 4.89. The molecule has 0 aliphatic carbocycles. The van der Waals surface area contributed by atoms with Crippen LogP contribution in [0.1, 0.15) is 11.1 Å². The summed E-state index contributed by atoms with van der Waals surface area (Å²) in [7, 11) is 1.60. The zero-order valence-corrected chi connectivity index (χ0v) is 10.8. The maximum Gasteiger partial charge on any atom is 0.287 e. The summed E-state index contributed by atoms with van der Waals surface area (Å²) >= 11 is 3.43. The van der Waals surface area contributed by atoms with Crippen LogP contribution in [0.15, 0.2) is 18.2 Å². The third-order valence-electron chi connectivity index (χ3n) is 2.18. The van der Waals surface area contributed by atoms with Gasteiger partial charge in [-0.2, -0.15) is 5.26 Å². The first-order chi connectivity index (χ1) is 8.08. The molecule has 6 heteroatoms. The van der Waals surface area contributed by atoms with Crippen LogP contribution in [-0.2, 0) is 11.2 Å². The number of benzene rings is 1. The third-order valence-corrected chi connectivity index (χ3v) is 2.77. The summed E-state index contributed by atoms with van der Waals surface area (Å²) in [6.07, 6.45) is 0.653. The highest BCUT2D eigenvalue weighted by Gasteiger charge is 2.14. The van der Waals surface area contributed by atoms with Crippen molar-refractivity contribution in [3.63, 3.8) is 0 Å². The van der Waals surface area contributed by atoms with Gasteiger partial charge in [0.05, 0.1) is 11.5 Å². The number of nitriles is 1. The molecule has 0 saturated heterocycles. The van der Waals surface area contributed by atoms with Gasteiger partial charge in [0.1, 0.15) is 11.6 Å². The van der Waals surface area contributed by atoms with E-state index >= 15 is 0 Å². The summed E-state index contributed by atoms with van der Waals surface area (Å²) in [5, 5.41) is 19.5. The van der Waals surface area contributed by atoms with Gasteiger partial charge in [0, 0.05) is 18.0 Å². The van der Waals surface area contributed by atoms with E-state index in [0.717, 1.165) is 5.56 Å². The van der Waals surface area contributed by atoms with Crippen molar-refractivity contribution >= 4 is 21.6 Å². The van der Waals surface area contributed by atoms with Crippen molar-refractivity contribution in [2.24, 2.45) is 0 Å². The number of rotatable bonds is 5. The van der Waals surface area contributed by atoms with Crippen LogP contribution in [0.4, 0.5) is 5.69 Å². The van der Waals surface area contributed by atoms with Crippen molar-refractivity contribution in [3.05, 3.63) is 39.4 Å². The fraction of sp³-hybridized carbons (Fsp3) is 0.364. The molecule has 1 unspecified atom stereocenters. The van der Waals surface area contributed by atoms with Gasteiger partial charge in [-0.25, -0.2) is 0 Å². The van der Waals surface area contributed by atoms with Gasteiger partial charge in [-0.05, 0) is 18.1 Å². The summed E-state index contributed by atoms with van der Waals surface area (Å²) < 4.78 is 4.97. The number of alkyl halides is 1. The Balaban J connectivity index is 2.91. The highest BCUT2D eigenvalue weighted by molar-refractivity contribution is 9.09. The van der Waals surface area contributed by atoms with Gasteiger partial charge in [-0.15, -0.1) is 0 Å². The van der Waals surface area contributed by atoms with Gasteiger partial charge in [0.25, 0.3) is 5.69 Å². The number of hydrogen-bond donors (Lipinski definition) is 0. The Kier molecular flexibility index (Phi) is 5.07. The number of ether oxygens (including phenoxy) is 1. The molecular weight excluding hydrogens is 288 g/mol. The first-order valence-corrected chi connectivity index (χ1v) is 5.80. The Labute approximate surface area is 107 Å². The van der Waals surface area contributed by atoms with Crippen LogP contribution in [0.25, 0.3) is 0 Å². The molecule has 0 N–H and O–H groups in total. The molecule has 0 aromatic heterocycles. The Morgan fingerprint density at radius 1 is 1.65 bits per heavy atom. The van der Waals surface area contributed by atoms with E-state index in [1.54, 1.807) is 19.2 Å². The van der Waals surface area contributed by atoms with E-state index in [1.165, 1.54) is 6.07 Å². The summed E-state index contributed by atoms with van der Waals surface area (Å²) in [6, 6.07) is 6.40. The zero-order chi connectivity index (χ0) is 12.8. The van der Waals surface area contributed by atoms with E-state index in [-0.39, 0.29) is 16.1 Å². The lowest BCUT2D eigenvalue weighted by Crippen LogP contribution is -2.10. The van der Waals surface area contributed by atoms with Crippen LogP contribution in [0.3, 0.4) is 0 Å². The van der Waals surface area contributed by atoms with Crippen molar-refractivity contribution in [2.75, 3.05) is 13.7 Å². The molecule has 0 radical (unpaired) electrons. The second kappa shape index (κ2) is 6.33. The molecule has 1 aromatic carbocycles. The van der Waals surface area contributed by atoms with Crippen LogP contribution in [0, 0.1) is 21.4 Å². The summed E-state index contributed by atoms with van der Waals surface area (Å²) in [6.45, 7) is 0.541. The standard InChI is InChI=1S/C11H11BrN2O3/c1-17-7-10(12)5-8-2-3-11(14(15)16)9(4-8)6-13/h2-4,10H,5,7H2,1H3. The van der Waals surface area contributed by atoms with Crippen molar-refractivity contribution in [1.82, 2.24) is 0 Å². The topological polar surface area (TPSA) is 76.2 Å². The number of methoxy groups -OCH3 is 1. The number of nitro groups is 1. The third kappa shape index (κ3) is 3.80. The molecule has 0 amide bonds. The fourth-order valence-corrected chi connectivity index (χ4v) is 2.09. The maximum atomic E-state index is 10.6. The molecule has 0 aliphatic heterocycles. The molecule has 1 aromatic rings. The average Bonchev–Trinajstić information content (AvgIpc) is 2.28. The Morgan fingerprint density at radius 2 is 2.35 bits per heavy atom. The molecule has 0 fully saturated rings. The molecule has 0 heterocycles. The monoisotopic (exact) mass is 298 g/mol. The van der Waals surface area contributed by atoms with Crippen molar-refractivity contribution in [2.45, 2.75) is 11.2 Å². The lowest BCUT2D eigenvalue weighted by molar-refractivity contribution is -0.385. The number of nitrogens with zero attached hydrogens (tertiary/aromatic N) is 2. The van der Waals surface area contributed by atoms with E-state index in [9.17, 15) is 10.1 Å². The predicted octanol–water partition coefficient (Wildman–Crippen LogP) is 2.42. The molecule has 5 nitrogen and oxygen atoms in total. The zero-order valence-electron chi connectivity index (χ0n) is 9.22. The smallest absolute Gasteiger partial charge is 0.287 e. The Morgan fingerprint density at radius 3 is 2.88 bits per heavy atom. The number of hydrogen-bond acceptors (Lipinski definition) is 4. The molecule has 17 heavy (non-hydrogen) atoms. The molecular formula is C11H11BrN2O3. The minimum Gasteiger partial charge on any atom is -0.384 e. The molecule has 90 valence electrons. The van der Waals surface area contributed by atoms with Crippen LogP contribution in [0.2, 0.25) is 0 Å². The Hall–Kier alpha value is -1.45. The Bertz CT molecular complexity index is 457. The van der Waals surface area contributed by atoms with E-state index in [4.69, 9.17) is 10.00 Å². The predicted molar refractivity (Wildman–Crippen MR) is 66.1 cm³/mol. The molecule has 0 aliphatic rings. The van der Waals surface area contributed by atoms with E-state index < -0.39 is 4.92 Å². The van der Waals surface area contributed by atoms with E-state index in [1.807, 2.05) is 6.07 Å². The minimum atomic E-state index is -0.552. The SMILES string of the molecule is COCC(Br)Cc1ccc([N+](=O)[O-])c(C#N)c1. The molecule has 0 saturated carbocycles. The van der Waals surface area contributed by atoms with Crippen LogP contribution in [0.5, 0.6) is 0 Å². The number of halogens is 1. The second-order valence-electron chi connectivity index (χ2n) is 3.48. The largest absolute Gasteiger partial charge is 0.384 e. The summed E-state index contributed by atoms with van der Waals surface area (Å²) in [4.78, 5) is 10.2. The van der Waals surface area contributed by atoms with Crippen LogP contribution in [-0.4, -0.2) is 23.5 Å². The minimum absolute atomic E-state index is 0.0876. The van der Waals surface area contributed by atoms with Crippen LogP contribution >= 0.6 is 15.9 Å². The molecule has 0 spiro atoms. The van der Waals surface area contributed by atoms with Crippen LogP contribution < -0.4 is 0 Å². The maximum absolute atomic E-state index is 10.6. The number of nitro benzene ring substituents is 1. The van der Waals surface area contributed by atoms with Gasteiger partial charge in [0.15, 0.2) is 0 Å². The van der Waals surface area contributed by atoms with Crippen molar-refractivity contribution in [1.29, 1.82) is 5.26 Å². The van der Waals surface area contributed by atoms with E-state index in [2.05, 4.69) is 15.9 Å². The first kappa shape index (κ1) is 13.6. The normalized spacial score (nSPS) is 11.8. The quantitative estimate of drug-likeness (QED) is 0.475. The second-order valence-corrected chi connectivity index (χ2v) is 4.77. The van der Waals surface area contributed by atoms with Crippen molar-refractivity contribution < 1.29 is 9.66 Å². The van der Waals surface area contributed by atoms with Gasteiger partial charge in [-0.3, -0.25) is 10.1 Å². The van der Waals surface area contributed by atoms with Gasteiger partial charge in [-0.1, -0.05) is 22.0 Å². The summed E-state index contributed by atoms with van der Waals surface area (Å²) in [5.74, 6) is 0. The molecule has 1 atom stereocenters. The highest BCUT2D eigenvalue weighted by Crippen LogP contribution is 2.21. The fourth-order valence-electron chi connectivity index (χ4n) is 1.45. The highest BCUT2D eigenvalue weighted by atomic mass is 79.9. The lowest BCUT2D eigenvalue weighted by Gasteiger charge is -2.08. The molecule has 1 rings (SSSR count). The van der Waals surface area contributed by atoms with Gasteiger partial charge in [0.2, 0.25) is 0 Å². The van der Waals surface area contributed by atoms with Crippen molar-refractivity contribution in [3.8, 4) is 6.07 Å².